The largest absolute Gasteiger partial charge is 0.490 e. The first-order valence-electron chi connectivity index (χ1n) is 9.62. The lowest BCUT2D eigenvalue weighted by Gasteiger charge is -2.42. The fourth-order valence-corrected chi connectivity index (χ4v) is 3.78. The Morgan fingerprint density at radius 3 is 2.79 bits per heavy atom. The third-order valence-corrected chi connectivity index (χ3v) is 5.12. The maximum absolute atomic E-state index is 13.0. The molecule has 8 nitrogen and oxygen atoms in total. The molecule has 0 unspecified atom stereocenters. The zero-order valence-corrected chi connectivity index (χ0v) is 16.5. The Kier molecular flexibility index (Phi) is 6.18. The Balaban J connectivity index is 1.77. The molecule has 0 aliphatic carbocycles. The molecule has 2 heterocycles. The molecule has 0 bridgehead atoms. The number of fused-ring (bicyclic) bond motifs is 2. The summed E-state index contributed by atoms with van der Waals surface area (Å²) in [5.41, 5.74) is 0.965. The highest BCUT2D eigenvalue weighted by Crippen LogP contribution is 2.32. The van der Waals surface area contributed by atoms with E-state index in [-0.39, 0.29) is 36.0 Å². The fraction of sp³-hybridized carbons (Fsp3) is 0.550. The summed E-state index contributed by atoms with van der Waals surface area (Å²) in [5, 5.41) is 5.48. The van der Waals surface area contributed by atoms with Gasteiger partial charge in [-0.15, -0.1) is 0 Å². The summed E-state index contributed by atoms with van der Waals surface area (Å²) in [6, 6.07) is 4.89. The molecule has 2 N–H and O–H groups in total. The van der Waals surface area contributed by atoms with Crippen molar-refractivity contribution in [2.45, 2.75) is 51.4 Å². The summed E-state index contributed by atoms with van der Waals surface area (Å²) in [7, 11) is 1.76. The van der Waals surface area contributed by atoms with E-state index in [1.165, 1.54) is 6.92 Å². The van der Waals surface area contributed by atoms with Crippen LogP contribution in [0.5, 0.6) is 5.75 Å². The van der Waals surface area contributed by atoms with Gasteiger partial charge in [0.25, 0.3) is 5.91 Å². The van der Waals surface area contributed by atoms with E-state index in [4.69, 9.17) is 9.47 Å². The van der Waals surface area contributed by atoms with E-state index >= 15 is 0 Å². The topological polar surface area (TPSA) is 97.0 Å². The van der Waals surface area contributed by atoms with Crippen molar-refractivity contribution in [3.63, 3.8) is 0 Å². The first-order valence-corrected chi connectivity index (χ1v) is 9.62. The maximum atomic E-state index is 13.0. The molecule has 0 spiro atoms. The zero-order chi connectivity index (χ0) is 20.3. The van der Waals surface area contributed by atoms with Gasteiger partial charge >= 0.3 is 0 Å². The van der Waals surface area contributed by atoms with Gasteiger partial charge in [0.2, 0.25) is 11.8 Å². The summed E-state index contributed by atoms with van der Waals surface area (Å²) in [5.74, 6) is 0.0472. The van der Waals surface area contributed by atoms with Gasteiger partial charge in [0.15, 0.2) is 0 Å². The zero-order valence-electron chi connectivity index (χ0n) is 16.5. The minimum Gasteiger partial charge on any atom is -0.490 e. The van der Waals surface area contributed by atoms with Gasteiger partial charge in [0.1, 0.15) is 18.5 Å². The third-order valence-electron chi connectivity index (χ3n) is 5.12. The van der Waals surface area contributed by atoms with E-state index in [1.807, 2.05) is 6.92 Å². The van der Waals surface area contributed by atoms with E-state index in [1.54, 1.807) is 30.1 Å². The molecule has 2 aliphatic heterocycles. The van der Waals surface area contributed by atoms with Crippen LogP contribution < -0.4 is 15.4 Å². The molecule has 1 saturated heterocycles. The minimum absolute atomic E-state index is 0.0296. The molecule has 8 heteroatoms. The summed E-state index contributed by atoms with van der Waals surface area (Å²) in [4.78, 5) is 37.9. The van der Waals surface area contributed by atoms with Gasteiger partial charge in [-0.1, -0.05) is 0 Å². The van der Waals surface area contributed by atoms with Crippen molar-refractivity contribution in [1.29, 1.82) is 0 Å². The second-order valence-electron chi connectivity index (χ2n) is 7.22. The predicted octanol–water partition coefficient (Wildman–Crippen LogP) is 1.55. The Hall–Kier alpha value is -2.61. The van der Waals surface area contributed by atoms with Gasteiger partial charge in [-0.25, -0.2) is 0 Å². The molecule has 152 valence electrons. The first-order chi connectivity index (χ1) is 13.4. The highest BCUT2D eigenvalue weighted by Gasteiger charge is 2.39. The van der Waals surface area contributed by atoms with E-state index in [2.05, 4.69) is 10.6 Å². The SMILES string of the molecule is CCNC(=O)C[C@H]1CC[C@H]2[C@H](COc3ccc(NC(C)=O)cc3C(=O)N2C)O1. The summed E-state index contributed by atoms with van der Waals surface area (Å²) in [6.07, 6.45) is 1.27. The molecule has 1 aromatic rings. The molecular formula is C20H27N3O5. The molecule has 2 aliphatic rings. The molecular weight excluding hydrogens is 362 g/mol. The quantitative estimate of drug-likeness (QED) is 0.814. The first kappa shape index (κ1) is 20.1. The van der Waals surface area contributed by atoms with Gasteiger partial charge in [-0.05, 0) is 38.0 Å². The number of hydrogen-bond acceptors (Lipinski definition) is 5. The number of hydrogen-bond donors (Lipinski definition) is 2. The van der Waals surface area contributed by atoms with Crippen LogP contribution in [0.15, 0.2) is 18.2 Å². The van der Waals surface area contributed by atoms with Crippen molar-refractivity contribution < 1.29 is 23.9 Å². The lowest BCUT2D eigenvalue weighted by atomic mass is 9.94. The number of nitrogens with one attached hydrogen (secondary N) is 2. The van der Waals surface area contributed by atoms with Crippen LogP contribution in [-0.4, -0.2) is 61.1 Å². The second-order valence-corrected chi connectivity index (χ2v) is 7.22. The summed E-state index contributed by atoms with van der Waals surface area (Å²) in [6.45, 7) is 4.19. The Morgan fingerprint density at radius 1 is 1.29 bits per heavy atom. The average molecular weight is 389 g/mol. The standard InChI is InChI=1S/C20H27N3O5/c1-4-21-19(25)10-14-6-7-16-18(28-14)11-27-17-8-5-13(22-12(2)24)9-15(17)20(26)23(16)3/h5,8-9,14,16,18H,4,6-7,10-11H2,1-3H3,(H,21,25)(H,22,24)/t14-,16+,18+/m1/s1. The molecule has 3 atom stereocenters. The molecule has 28 heavy (non-hydrogen) atoms. The predicted molar refractivity (Wildman–Crippen MR) is 103 cm³/mol. The number of carbonyl (C=O) groups excluding carboxylic acids is 3. The van der Waals surface area contributed by atoms with Gasteiger partial charge < -0.3 is 25.0 Å². The summed E-state index contributed by atoms with van der Waals surface area (Å²) < 4.78 is 12.0. The number of nitrogens with zero attached hydrogens (tertiary/aromatic N) is 1. The lowest BCUT2D eigenvalue weighted by molar-refractivity contribution is -0.134. The number of rotatable bonds is 4. The van der Waals surface area contributed by atoms with E-state index in [0.717, 1.165) is 6.42 Å². The number of ether oxygens (including phenoxy) is 2. The van der Waals surface area contributed by atoms with Crippen molar-refractivity contribution in [2.24, 2.45) is 0 Å². The number of carbonyl (C=O) groups is 3. The monoisotopic (exact) mass is 389 g/mol. The van der Waals surface area contributed by atoms with Gasteiger partial charge in [-0.2, -0.15) is 0 Å². The van der Waals surface area contributed by atoms with Crippen molar-refractivity contribution in [1.82, 2.24) is 10.2 Å². The van der Waals surface area contributed by atoms with Crippen molar-refractivity contribution in [3.05, 3.63) is 23.8 Å². The van der Waals surface area contributed by atoms with Crippen molar-refractivity contribution in [3.8, 4) is 5.75 Å². The van der Waals surface area contributed by atoms with E-state index in [0.29, 0.717) is 43.0 Å². The Bertz CT molecular complexity index is 766. The lowest BCUT2D eigenvalue weighted by Crippen LogP contribution is -2.53. The smallest absolute Gasteiger partial charge is 0.257 e. The molecule has 1 aromatic carbocycles. The van der Waals surface area contributed by atoms with Crippen LogP contribution >= 0.6 is 0 Å². The fourth-order valence-electron chi connectivity index (χ4n) is 3.78. The molecule has 0 saturated carbocycles. The molecule has 0 radical (unpaired) electrons. The van der Waals surface area contributed by atoms with Crippen LogP contribution in [0, 0.1) is 0 Å². The van der Waals surface area contributed by atoms with Gasteiger partial charge in [0.05, 0.1) is 24.1 Å². The van der Waals surface area contributed by atoms with Crippen LogP contribution in [-0.2, 0) is 14.3 Å². The number of likely N-dealkylation sites (N-methyl/N-ethyl adjacent to an activating group) is 1. The molecule has 3 amide bonds. The third kappa shape index (κ3) is 4.44. The van der Waals surface area contributed by atoms with Gasteiger partial charge in [-0.3, -0.25) is 14.4 Å². The van der Waals surface area contributed by atoms with E-state index in [9.17, 15) is 14.4 Å². The molecule has 1 fully saturated rings. The van der Waals surface area contributed by atoms with Crippen molar-refractivity contribution in [2.75, 3.05) is 25.5 Å². The highest BCUT2D eigenvalue weighted by atomic mass is 16.5. The maximum Gasteiger partial charge on any atom is 0.257 e. The molecule has 0 aromatic heterocycles. The van der Waals surface area contributed by atoms with Crippen LogP contribution in [0.3, 0.4) is 0 Å². The van der Waals surface area contributed by atoms with Crippen LogP contribution in [0.1, 0.15) is 43.5 Å². The van der Waals surface area contributed by atoms with E-state index < -0.39 is 0 Å². The molecule has 3 rings (SSSR count). The highest BCUT2D eigenvalue weighted by molar-refractivity contribution is 5.99. The minimum atomic E-state index is -0.301. The average Bonchev–Trinajstić information content (AvgIpc) is 2.65. The van der Waals surface area contributed by atoms with Crippen molar-refractivity contribution >= 4 is 23.4 Å². The Morgan fingerprint density at radius 2 is 2.07 bits per heavy atom. The number of amides is 3. The normalized spacial score (nSPS) is 24.2. The number of anilines is 1. The van der Waals surface area contributed by atoms with Crippen LogP contribution in [0.2, 0.25) is 0 Å². The van der Waals surface area contributed by atoms with Crippen LogP contribution in [0.4, 0.5) is 5.69 Å². The second kappa shape index (κ2) is 8.60. The van der Waals surface area contributed by atoms with Gasteiger partial charge in [0, 0.05) is 26.2 Å². The number of benzene rings is 1. The van der Waals surface area contributed by atoms with Crippen LogP contribution in [0.25, 0.3) is 0 Å². The summed E-state index contributed by atoms with van der Waals surface area (Å²) >= 11 is 0. The Labute approximate surface area is 164 Å².